The predicted octanol–water partition coefficient (Wildman–Crippen LogP) is -1.06. The van der Waals surface area contributed by atoms with Crippen molar-refractivity contribution in [3.05, 3.63) is 0 Å². The Hall–Kier alpha value is -0.820. The van der Waals surface area contributed by atoms with Crippen molar-refractivity contribution in [1.29, 1.82) is 0 Å². The monoisotopic (exact) mass is 234 g/mol. The van der Waals surface area contributed by atoms with Gasteiger partial charge in [-0.25, -0.2) is 8.42 Å². The Morgan fingerprint density at radius 3 is 2.87 bits per heavy atom. The van der Waals surface area contributed by atoms with Crippen LogP contribution < -0.4 is 11.1 Å². The van der Waals surface area contributed by atoms with Gasteiger partial charge in [0.1, 0.15) is 0 Å². The van der Waals surface area contributed by atoms with Gasteiger partial charge >= 0.3 is 0 Å². The van der Waals surface area contributed by atoms with E-state index in [1.807, 2.05) is 0 Å². The molecular formula is C8H18N4O2S. The van der Waals surface area contributed by atoms with Crippen molar-refractivity contribution in [2.24, 2.45) is 10.7 Å². The molecule has 1 rings (SSSR count). The van der Waals surface area contributed by atoms with Crippen LogP contribution in [0.25, 0.3) is 0 Å². The van der Waals surface area contributed by atoms with E-state index >= 15 is 0 Å². The minimum atomic E-state index is -3.09. The van der Waals surface area contributed by atoms with Crippen LogP contribution >= 0.6 is 0 Å². The number of hydrogen-bond donors (Lipinski definition) is 2. The highest BCUT2D eigenvalue weighted by Gasteiger charge is 2.30. The summed E-state index contributed by atoms with van der Waals surface area (Å²) in [7, 11) is -1.51. The van der Waals surface area contributed by atoms with E-state index in [-0.39, 0.29) is 6.04 Å². The highest BCUT2D eigenvalue weighted by Crippen LogP contribution is 2.19. The van der Waals surface area contributed by atoms with Gasteiger partial charge in [-0.15, -0.1) is 0 Å². The summed E-state index contributed by atoms with van der Waals surface area (Å²) in [6, 6.07) is 0.000278. The molecule has 0 aromatic heterocycles. The van der Waals surface area contributed by atoms with E-state index in [9.17, 15) is 8.42 Å². The van der Waals surface area contributed by atoms with Crippen molar-refractivity contribution < 1.29 is 8.42 Å². The first kappa shape index (κ1) is 12.3. The molecule has 0 bridgehead atoms. The topological polar surface area (TPSA) is 87.8 Å². The fourth-order valence-electron chi connectivity index (χ4n) is 1.75. The molecule has 3 N–H and O–H groups in total. The van der Waals surface area contributed by atoms with Crippen LogP contribution in [0.4, 0.5) is 0 Å². The summed E-state index contributed by atoms with van der Waals surface area (Å²) in [6.45, 7) is 1.13. The largest absolute Gasteiger partial charge is 0.370 e. The number of guanidine groups is 1. The van der Waals surface area contributed by atoms with Crippen LogP contribution in [0.15, 0.2) is 4.99 Å². The van der Waals surface area contributed by atoms with Crippen molar-refractivity contribution in [3.8, 4) is 0 Å². The summed E-state index contributed by atoms with van der Waals surface area (Å²) in [5, 5.41) is 2.90. The molecule has 0 aliphatic carbocycles. The molecule has 1 fully saturated rings. The smallest absolute Gasteiger partial charge is 0.211 e. The van der Waals surface area contributed by atoms with Crippen molar-refractivity contribution in [2.75, 3.05) is 26.4 Å². The first-order valence-electron chi connectivity index (χ1n) is 4.88. The minimum absolute atomic E-state index is 0.000278. The summed E-state index contributed by atoms with van der Waals surface area (Å²) in [5.74, 6) is 0.343. The lowest BCUT2D eigenvalue weighted by atomic mass is 10.2. The molecule has 0 unspecified atom stereocenters. The summed E-state index contributed by atoms with van der Waals surface area (Å²) >= 11 is 0. The average molecular weight is 234 g/mol. The van der Waals surface area contributed by atoms with E-state index in [4.69, 9.17) is 5.73 Å². The van der Waals surface area contributed by atoms with Gasteiger partial charge in [0, 0.05) is 26.2 Å². The second-order valence-electron chi connectivity index (χ2n) is 3.66. The number of nitrogens with zero attached hydrogens (tertiary/aromatic N) is 2. The Balaban J connectivity index is 2.55. The zero-order valence-electron chi connectivity index (χ0n) is 9.10. The summed E-state index contributed by atoms with van der Waals surface area (Å²) in [5.41, 5.74) is 5.48. The highest BCUT2D eigenvalue weighted by molar-refractivity contribution is 7.88. The minimum Gasteiger partial charge on any atom is -0.370 e. The maximum Gasteiger partial charge on any atom is 0.211 e. The average Bonchev–Trinajstić information content (AvgIpc) is 2.61. The van der Waals surface area contributed by atoms with E-state index in [0.717, 1.165) is 12.8 Å². The summed E-state index contributed by atoms with van der Waals surface area (Å²) in [6.07, 6.45) is 3.02. The third kappa shape index (κ3) is 3.35. The molecular weight excluding hydrogens is 216 g/mol. The van der Waals surface area contributed by atoms with Gasteiger partial charge in [0.15, 0.2) is 5.96 Å². The molecule has 1 heterocycles. The molecule has 0 amide bonds. The molecule has 15 heavy (non-hydrogen) atoms. The molecule has 0 saturated carbocycles. The lowest BCUT2D eigenvalue weighted by molar-refractivity contribution is 0.388. The molecule has 7 heteroatoms. The molecule has 0 spiro atoms. The Morgan fingerprint density at radius 2 is 2.33 bits per heavy atom. The molecule has 6 nitrogen and oxygen atoms in total. The van der Waals surface area contributed by atoms with E-state index in [1.54, 1.807) is 7.05 Å². The number of sulfonamides is 1. The van der Waals surface area contributed by atoms with Crippen molar-refractivity contribution in [2.45, 2.75) is 18.9 Å². The molecule has 1 aliphatic heterocycles. The molecule has 1 atom stereocenters. The zero-order chi connectivity index (χ0) is 11.5. The third-order valence-electron chi connectivity index (χ3n) is 2.51. The Labute approximate surface area is 90.6 Å². The standard InChI is InChI=1S/C8H18N4O2S/c1-10-8(9)11-6-7-4-3-5-12(7)15(2,13)14/h7H,3-6H2,1-2H3,(H3,9,10,11)/t7-/m1/s1. The van der Waals surface area contributed by atoms with Gasteiger partial charge in [0.2, 0.25) is 10.0 Å². The normalized spacial score (nSPS) is 24.4. The second-order valence-corrected chi connectivity index (χ2v) is 5.59. The first-order valence-corrected chi connectivity index (χ1v) is 6.73. The van der Waals surface area contributed by atoms with Crippen LogP contribution in [0.3, 0.4) is 0 Å². The number of nitrogens with one attached hydrogen (secondary N) is 1. The van der Waals surface area contributed by atoms with Gasteiger partial charge < -0.3 is 11.1 Å². The van der Waals surface area contributed by atoms with Crippen molar-refractivity contribution >= 4 is 16.0 Å². The van der Waals surface area contributed by atoms with Crippen molar-refractivity contribution in [1.82, 2.24) is 9.62 Å². The molecule has 1 saturated heterocycles. The lowest BCUT2D eigenvalue weighted by Gasteiger charge is -2.22. The zero-order valence-corrected chi connectivity index (χ0v) is 9.92. The lowest BCUT2D eigenvalue weighted by Crippen LogP contribution is -2.44. The fraction of sp³-hybridized carbons (Fsp3) is 0.875. The van der Waals surface area contributed by atoms with E-state index in [2.05, 4.69) is 10.3 Å². The van der Waals surface area contributed by atoms with Gasteiger partial charge in [0.05, 0.1) is 6.26 Å². The quantitative estimate of drug-likeness (QED) is 0.481. The molecule has 0 aromatic rings. The van der Waals surface area contributed by atoms with E-state index < -0.39 is 10.0 Å². The Kier molecular flexibility index (Phi) is 3.92. The Morgan fingerprint density at radius 1 is 1.67 bits per heavy atom. The van der Waals surface area contributed by atoms with Crippen molar-refractivity contribution in [3.63, 3.8) is 0 Å². The SMILES string of the molecule is CN=C(N)NC[C@H]1CCCN1S(C)(=O)=O. The van der Waals surface area contributed by atoms with E-state index in [1.165, 1.54) is 10.6 Å². The highest BCUT2D eigenvalue weighted by atomic mass is 32.2. The second kappa shape index (κ2) is 4.80. The van der Waals surface area contributed by atoms with Gasteiger partial charge in [-0.1, -0.05) is 0 Å². The van der Waals surface area contributed by atoms with E-state index in [0.29, 0.717) is 19.0 Å². The predicted molar refractivity (Wildman–Crippen MR) is 60.1 cm³/mol. The van der Waals surface area contributed by atoms with Crippen LogP contribution in [-0.4, -0.2) is 51.1 Å². The number of hydrogen-bond acceptors (Lipinski definition) is 3. The van der Waals surface area contributed by atoms with Crippen LogP contribution in [0.2, 0.25) is 0 Å². The fourth-order valence-corrected chi connectivity index (χ4v) is 2.93. The van der Waals surface area contributed by atoms with Crippen LogP contribution in [0.5, 0.6) is 0 Å². The molecule has 88 valence electrons. The number of rotatable bonds is 3. The first-order chi connectivity index (χ1) is 6.95. The number of aliphatic imine (C=N–C) groups is 1. The maximum atomic E-state index is 11.4. The molecule has 1 aliphatic rings. The van der Waals surface area contributed by atoms with Gasteiger partial charge in [-0.2, -0.15) is 4.31 Å². The summed E-state index contributed by atoms with van der Waals surface area (Å²) in [4.78, 5) is 3.75. The van der Waals surface area contributed by atoms with Crippen LogP contribution in [0, 0.1) is 0 Å². The third-order valence-corrected chi connectivity index (χ3v) is 3.84. The summed E-state index contributed by atoms with van der Waals surface area (Å²) < 4.78 is 24.3. The molecule has 0 radical (unpaired) electrons. The number of nitrogens with two attached hydrogens (primary N) is 1. The van der Waals surface area contributed by atoms with Gasteiger partial charge in [-0.05, 0) is 12.8 Å². The van der Waals surface area contributed by atoms with Crippen LogP contribution in [0.1, 0.15) is 12.8 Å². The molecule has 0 aromatic carbocycles. The Bertz CT molecular complexity index is 339. The van der Waals surface area contributed by atoms with Crippen LogP contribution in [-0.2, 0) is 10.0 Å². The van der Waals surface area contributed by atoms with Gasteiger partial charge in [0.25, 0.3) is 0 Å². The maximum absolute atomic E-state index is 11.4. The van der Waals surface area contributed by atoms with Gasteiger partial charge in [-0.3, -0.25) is 4.99 Å².